The Morgan fingerprint density at radius 1 is 1.36 bits per heavy atom. The molecule has 116 valence electrons. The molecular weight excluding hydrogens is 298 g/mol. The van der Waals surface area contributed by atoms with Crippen molar-refractivity contribution in [3.63, 3.8) is 0 Å². The van der Waals surface area contributed by atoms with E-state index in [9.17, 15) is 4.79 Å². The zero-order valence-corrected chi connectivity index (χ0v) is 13.7. The van der Waals surface area contributed by atoms with Gasteiger partial charge in [0.05, 0.1) is 6.21 Å². The van der Waals surface area contributed by atoms with Gasteiger partial charge in [-0.3, -0.25) is 9.98 Å². The van der Waals surface area contributed by atoms with Crippen LogP contribution in [0.15, 0.2) is 41.0 Å². The molecule has 0 bridgehead atoms. The molecule has 0 fully saturated rings. The first kappa shape index (κ1) is 16.3. The quantitative estimate of drug-likeness (QED) is 0.628. The summed E-state index contributed by atoms with van der Waals surface area (Å²) in [7, 11) is 0. The van der Waals surface area contributed by atoms with Crippen molar-refractivity contribution in [2.24, 2.45) is 4.99 Å². The van der Waals surface area contributed by atoms with Gasteiger partial charge >= 0.3 is 5.97 Å². The molecule has 0 saturated carbocycles. The van der Waals surface area contributed by atoms with Crippen LogP contribution in [0.25, 0.3) is 0 Å². The predicted molar refractivity (Wildman–Crippen MR) is 87.3 cm³/mol. The number of aliphatic imine (C=N–C) groups is 1. The normalized spacial score (nSPS) is 13.2. The predicted octanol–water partition coefficient (Wildman–Crippen LogP) is 2.91. The lowest BCUT2D eigenvalue weighted by Crippen LogP contribution is -2.32. The zero-order chi connectivity index (χ0) is 16.0. The van der Waals surface area contributed by atoms with E-state index < -0.39 is 11.6 Å². The highest BCUT2D eigenvalue weighted by Gasteiger charge is 2.25. The fraction of sp³-hybridized carbons (Fsp3) is 0.375. The summed E-state index contributed by atoms with van der Waals surface area (Å²) in [5.41, 5.74) is 0.255. The maximum atomic E-state index is 12.3. The maximum absolute atomic E-state index is 12.3. The second-order valence-corrected chi connectivity index (χ2v) is 6.65. The number of carbonyl (C=O) groups excluding carboxylic acids is 1. The molecule has 2 aromatic heterocycles. The maximum Gasteiger partial charge on any atom is 0.331 e. The van der Waals surface area contributed by atoms with Gasteiger partial charge in [0.25, 0.3) is 0 Å². The molecule has 0 aromatic carbocycles. The highest BCUT2D eigenvalue weighted by molar-refractivity contribution is 7.11. The minimum atomic E-state index is -0.627. The SMILES string of the molecule is CC(C)(C)OC(=O)C(Cc1ccccn1)N=Cc1nccs1. The summed E-state index contributed by atoms with van der Waals surface area (Å²) in [5, 5.41) is 2.62. The first-order chi connectivity index (χ1) is 10.4. The molecule has 2 aromatic rings. The van der Waals surface area contributed by atoms with E-state index in [2.05, 4.69) is 15.0 Å². The van der Waals surface area contributed by atoms with E-state index in [1.54, 1.807) is 18.6 Å². The van der Waals surface area contributed by atoms with E-state index in [1.807, 2.05) is 44.4 Å². The fourth-order valence-electron chi connectivity index (χ4n) is 1.74. The Balaban J connectivity index is 2.14. The highest BCUT2D eigenvalue weighted by atomic mass is 32.1. The van der Waals surface area contributed by atoms with E-state index in [4.69, 9.17) is 4.74 Å². The molecule has 0 N–H and O–H groups in total. The van der Waals surface area contributed by atoms with Crippen LogP contribution in [0.1, 0.15) is 31.5 Å². The molecule has 2 heterocycles. The Morgan fingerprint density at radius 2 is 2.18 bits per heavy atom. The molecule has 0 aliphatic carbocycles. The molecule has 22 heavy (non-hydrogen) atoms. The number of carbonyl (C=O) groups is 1. The molecule has 0 spiro atoms. The standard InChI is InChI=1S/C16H19N3O2S/c1-16(2,3)21-15(20)13(10-12-6-4-5-7-17-12)19-11-14-18-8-9-22-14/h4-9,11,13H,10H2,1-3H3. The van der Waals surface area contributed by atoms with Crippen molar-refractivity contribution in [3.8, 4) is 0 Å². The largest absolute Gasteiger partial charge is 0.458 e. The van der Waals surface area contributed by atoms with Gasteiger partial charge < -0.3 is 4.74 Å². The van der Waals surface area contributed by atoms with Gasteiger partial charge in [-0.05, 0) is 32.9 Å². The first-order valence-corrected chi connectivity index (χ1v) is 7.87. The molecule has 1 atom stereocenters. The lowest BCUT2D eigenvalue weighted by Gasteiger charge is -2.22. The topological polar surface area (TPSA) is 64.4 Å². The Hall–Kier alpha value is -2.08. The van der Waals surface area contributed by atoms with Crippen molar-refractivity contribution < 1.29 is 9.53 Å². The Bertz CT molecular complexity index is 619. The lowest BCUT2D eigenvalue weighted by molar-refractivity contribution is -0.156. The summed E-state index contributed by atoms with van der Waals surface area (Å²) in [6.07, 6.45) is 5.42. The first-order valence-electron chi connectivity index (χ1n) is 6.99. The van der Waals surface area contributed by atoms with Gasteiger partial charge in [-0.15, -0.1) is 11.3 Å². The van der Waals surface area contributed by atoms with E-state index in [0.717, 1.165) is 10.7 Å². The number of esters is 1. The van der Waals surface area contributed by atoms with Gasteiger partial charge in [0.2, 0.25) is 0 Å². The number of pyridine rings is 1. The summed E-state index contributed by atoms with van der Waals surface area (Å²) in [6.45, 7) is 5.52. The number of thiazole rings is 1. The molecule has 5 nitrogen and oxygen atoms in total. The summed E-state index contributed by atoms with van der Waals surface area (Å²) in [6, 6.07) is 4.97. The number of nitrogens with zero attached hydrogens (tertiary/aromatic N) is 3. The van der Waals surface area contributed by atoms with Gasteiger partial charge in [-0.2, -0.15) is 0 Å². The van der Waals surface area contributed by atoms with Crippen molar-refractivity contribution >= 4 is 23.5 Å². The molecule has 0 aliphatic heterocycles. The van der Waals surface area contributed by atoms with Crippen LogP contribution < -0.4 is 0 Å². The van der Waals surface area contributed by atoms with Crippen LogP contribution in [0.5, 0.6) is 0 Å². The van der Waals surface area contributed by atoms with Gasteiger partial charge in [0, 0.05) is 29.9 Å². The van der Waals surface area contributed by atoms with Gasteiger partial charge in [0.1, 0.15) is 10.6 Å². The molecule has 1 unspecified atom stereocenters. The van der Waals surface area contributed by atoms with Crippen LogP contribution in [0.4, 0.5) is 0 Å². The zero-order valence-electron chi connectivity index (χ0n) is 12.9. The number of aromatic nitrogens is 2. The summed E-state index contributed by atoms with van der Waals surface area (Å²) in [4.78, 5) is 25.1. The van der Waals surface area contributed by atoms with Crippen LogP contribution in [-0.2, 0) is 16.0 Å². The average molecular weight is 317 g/mol. The van der Waals surface area contributed by atoms with Crippen molar-refractivity contribution in [2.75, 3.05) is 0 Å². The Morgan fingerprint density at radius 3 is 2.77 bits per heavy atom. The van der Waals surface area contributed by atoms with Crippen LogP contribution in [0, 0.1) is 0 Å². The van der Waals surface area contributed by atoms with Crippen LogP contribution in [0.2, 0.25) is 0 Å². The Kier molecular flexibility index (Phi) is 5.38. The van der Waals surface area contributed by atoms with Crippen LogP contribution in [-0.4, -0.2) is 33.8 Å². The highest BCUT2D eigenvalue weighted by Crippen LogP contribution is 2.13. The van der Waals surface area contributed by atoms with Gasteiger partial charge in [0.15, 0.2) is 6.04 Å². The molecule has 0 aliphatic rings. The smallest absolute Gasteiger partial charge is 0.331 e. The fourth-order valence-corrected chi connectivity index (χ4v) is 2.24. The average Bonchev–Trinajstić information content (AvgIpc) is 2.96. The van der Waals surface area contributed by atoms with Crippen molar-refractivity contribution in [1.29, 1.82) is 0 Å². The minimum Gasteiger partial charge on any atom is -0.458 e. The monoisotopic (exact) mass is 317 g/mol. The molecule has 2 rings (SSSR count). The molecule has 0 radical (unpaired) electrons. The van der Waals surface area contributed by atoms with Crippen molar-refractivity contribution in [1.82, 2.24) is 9.97 Å². The second kappa shape index (κ2) is 7.26. The molecule has 0 amide bonds. The Labute approximate surface area is 134 Å². The molecule has 0 saturated heterocycles. The van der Waals surface area contributed by atoms with Crippen LogP contribution in [0.3, 0.4) is 0 Å². The van der Waals surface area contributed by atoms with Gasteiger partial charge in [-0.1, -0.05) is 6.07 Å². The number of ether oxygens (including phenoxy) is 1. The van der Waals surface area contributed by atoms with Crippen molar-refractivity contribution in [2.45, 2.75) is 38.8 Å². The second-order valence-electron chi connectivity index (χ2n) is 5.72. The van der Waals surface area contributed by atoms with E-state index >= 15 is 0 Å². The molecular formula is C16H19N3O2S. The van der Waals surface area contributed by atoms with E-state index in [0.29, 0.717) is 6.42 Å². The number of hydrogen-bond acceptors (Lipinski definition) is 6. The number of hydrogen-bond donors (Lipinski definition) is 0. The third-order valence-electron chi connectivity index (χ3n) is 2.62. The van der Waals surface area contributed by atoms with Crippen molar-refractivity contribution in [3.05, 3.63) is 46.7 Å². The van der Waals surface area contributed by atoms with Gasteiger partial charge in [-0.25, -0.2) is 9.78 Å². The third-order valence-corrected chi connectivity index (χ3v) is 3.33. The minimum absolute atomic E-state index is 0.356. The number of rotatable bonds is 5. The summed E-state index contributed by atoms with van der Waals surface area (Å²) >= 11 is 1.47. The van der Waals surface area contributed by atoms with E-state index in [-0.39, 0.29) is 5.97 Å². The lowest BCUT2D eigenvalue weighted by atomic mass is 10.1. The molecule has 6 heteroatoms. The van der Waals surface area contributed by atoms with E-state index in [1.165, 1.54) is 11.3 Å². The summed E-state index contributed by atoms with van der Waals surface area (Å²) < 4.78 is 5.44. The summed E-state index contributed by atoms with van der Waals surface area (Å²) in [5.74, 6) is -0.356. The third kappa shape index (κ3) is 5.37. The van der Waals surface area contributed by atoms with Crippen LogP contribution >= 0.6 is 11.3 Å².